The van der Waals surface area contributed by atoms with Crippen LogP contribution >= 0.6 is 11.3 Å². The monoisotopic (exact) mass is 580 g/mol. The fourth-order valence-electron chi connectivity index (χ4n) is 5.44. The first-order valence-electron chi connectivity index (χ1n) is 13.6. The molecule has 2 N–H and O–H groups in total. The number of hydrogen-bond donors (Lipinski definition) is 2. The Morgan fingerprint density at radius 2 is 1.78 bits per heavy atom. The van der Waals surface area contributed by atoms with Gasteiger partial charge in [0.05, 0.1) is 28.1 Å². The molecule has 1 aromatic heterocycles. The van der Waals surface area contributed by atoms with Gasteiger partial charge in [-0.25, -0.2) is 0 Å². The largest absolute Gasteiger partial charge is 0.490 e. The molecule has 2 aromatic carbocycles. The third kappa shape index (κ3) is 5.43. The molecule has 5 rings (SSSR count). The van der Waals surface area contributed by atoms with Crippen molar-refractivity contribution in [1.82, 2.24) is 5.32 Å². The fourth-order valence-corrected chi connectivity index (χ4v) is 6.80. The van der Waals surface area contributed by atoms with Crippen LogP contribution in [0.2, 0.25) is 0 Å². The lowest BCUT2D eigenvalue weighted by Gasteiger charge is -2.36. The Morgan fingerprint density at radius 1 is 1.02 bits per heavy atom. The zero-order chi connectivity index (χ0) is 29.5. The molecule has 3 aromatic rings. The molecule has 0 spiro atoms. The number of nitrogens with zero attached hydrogens (tertiary/aromatic N) is 2. The topological polar surface area (TPSA) is 146 Å². The van der Waals surface area contributed by atoms with Gasteiger partial charge in [0.25, 0.3) is 11.6 Å². The lowest BCUT2D eigenvalue weighted by molar-refractivity contribution is -0.394. The number of nitro groups is 2. The average Bonchev–Trinajstić information content (AvgIpc) is 3.32. The predicted molar refractivity (Wildman–Crippen MR) is 155 cm³/mol. The molecule has 1 amide bonds. The van der Waals surface area contributed by atoms with E-state index >= 15 is 0 Å². The van der Waals surface area contributed by atoms with E-state index in [0.29, 0.717) is 18.3 Å². The number of anilines is 1. The van der Waals surface area contributed by atoms with Gasteiger partial charge in [0.15, 0.2) is 11.5 Å². The van der Waals surface area contributed by atoms with Crippen LogP contribution in [0.1, 0.15) is 73.1 Å². The number of hydrogen-bond acceptors (Lipinski definition) is 9. The van der Waals surface area contributed by atoms with Crippen LogP contribution in [0.25, 0.3) is 0 Å². The lowest BCUT2D eigenvalue weighted by atomic mass is 9.69. The van der Waals surface area contributed by atoms with E-state index < -0.39 is 27.4 Å². The van der Waals surface area contributed by atoms with Crippen molar-refractivity contribution >= 4 is 33.6 Å². The maximum absolute atomic E-state index is 13.3. The van der Waals surface area contributed by atoms with Crippen LogP contribution in [-0.2, 0) is 12.8 Å². The minimum atomic E-state index is -0.734. The molecule has 1 aliphatic carbocycles. The number of thiophene rings is 1. The van der Waals surface area contributed by atoms with Gasteiger partial charge in [0.1, 0.15) is 11.2 Å². The third-order valence-corrected chi connectivity index (χ3v) is 9.42. The van der Waals surface area contributed by atoms with Crippen molar-refractivity contribution < 1.29 is 24.1 Å². The Balaban J connectivity index is 1.41. The normalized spacial score (nSPS) is 18.0. The van der Waals surface area contributed by atoms with Crippen LogP contribution in [0, 0.1) is 31.6 Å². The molecule has 0 saturated carbocycles. The second-order valence-electron chi connectivity index (χ2n) is 10.9. The van der Waals surface area contributed by atoms with Crippen LogP contribution in [0.5, 0.6) is 17.2 Å². The number of ether oxygens (including phenoxy) is 2. The SMILES string of the molecule is CCOc1cc(C2NC(=O)c3c(sc4c3CCC(C(C)(C)CC)C4)N2)ccc1Oc1ccc([N+](=O)[O-])cc1[N+](=O)[O-]. The van der Waals surface area contributed by atoms with Crippen molar-refractivity contribution in [2.75, 3.05) is 11.9 Å². The van der Waals surface area contributed by atoms with Crippen LogP contribution in [0.15, 0.2) is 36.4 Å². The van der Waals surface area contributed by atoms with Crippen LogP contribution < -0.4 is 20.1 Å². The van der Waals surface area contributed by atoms with Gasteiger partial charge in [-0.2, -0.15) is 0 Å². The maximum Gasteiger partial charge on any atom is 0.318 e. The van der Waals surface area contributed by atoms with Gasteiger partial charge in [-0.1, -0.05) is 33.3 Å². The Hall–Kier alpha value is -4.19. The van der Waals surface area contributed by atoms with E-state index in [1.807, 2.05) is 0 Å². The molecular formula is C29H32N4O7S. The minimum absolute atomic E-state index is 0.116. The smallest absolute Gasteiger partial charge is 0.318 e. The number of non-ortho nitro benzene ring substituents is 1. The van der Waals surface area contributed by atoms with E-state index in [-0.39, 0.29) is 22.8 Å². The van der Waals surface area contributed by atoms with Crippen LogP contribution in [0.3, 0.4) is 0 Å². The van der Waals surface area contributed by atoms with E-state index in [1.54, 1.807) is 36.5 Å². The third-order valence-electron chi connectivity index (χ3n) is 8.23. The van der Waals surface area contributed by atoms with Gasteiger partial charge in [-0.15, -0.1) is 11.3 Å². The van der Waals surface area contributed by atoms with Crippen molar-refractivity contribution in [3.05, 3.63) is 78.2 Å². The maximum atomic E-state index is 13.3. The quantitative estimate of drug-likeness (QED) is 0.200. The molecule has 2 heterocycles. The zero-order valence-electron chi connectivity index (χ0n) is 23.3. The highest BCUT2D eigenvalue weighted by atomic mass is 32.1. The molecule has 41 heavy (non-hydrogen) atoms. The van der Waals surface area contributed by atoms with E-state index in [2.05, 4.69) is 31.4 Å². The first kappa shape index (κ1) is 28.3. The number of benzene rings is 2. The van der Waals surface area contributed by atoms with Crippen LogP contribution in [0.4, 0.5) is 16.4 Å². The van der Waals surface area contributed by atoms with E-state index in [9.17, 15) is 25.0 Å². The van der Waals surface area contributed by atoms with Gasteiger partial charge in [0, 0.05) is 10.9 Å². The highest BCUT2D eigenvalue weighted by Crippen LogP contribution is 2.47. The van der Waals surface area contributed by atoms with Gasteiger partial charge < -0.3 is 20.1 Å². The Bertz CT molecular complexity index is 1530. The van der Waals surface area contributed by atoms with E-state index in [1.165, 1.54) is 10.9 Å². The number of carbonyl (C=O) groups excluding carboxylic acids is 1. The summed E-state index contributed by atoms with van der Waals surface area (Å²) < 4.78 is 11.6. The first-order chi connectivity index (χ1) is 19.5. The Labute approximate surface area is 241 Å². The molecule has 0 saturated heterocycles. The van der Waals surface area contributed by atoms with Crippen LogP contribution in [-0.4, -0.2) is 22.4 Å². The molecule has 216 valence electrons. The molecule has 2 aliphatic rings. The van der Waals surface area contributed by atoms with Crippen molar-refractivity contribution in [2.24, 2.45) is 11.3 Å². The Morgan fingerprint density at radius 3 is 2.46 bits per heavy atom. The first-order valence-corrected chi connectivity index (χ1v) is 14.4. The summed E-state index contributed by atoms with van der Waals surface area (Å²) in [4.78, 5) is 35.8. The molecule has 0 radical (unpaired) electrons. The number of nitro benzene ring substituents is 2. The lowest BCUT2D eigenvalue weighted by Crippen LogP contribution is -2.38. The highest BCUT2D eigenvalue weighted by molar-refractivity contribution is 7.16. The molecule has 11 nitrogen and oxygen atoms in total. The summed E-state index contributed by atoms with van der Waals surface area (Å²) in [6, 6.07) is 8.25. The van der Waals surface area contributed by atoms with Gasteiger partial charge in [-0.05, 0) is 66.8 Å². The highest BCUT2D eigenvalue weighted by Gasteiger charge is 2.37. The second-order valence-corrected chi connectivity index (χ2v) is 12.1. The van der Waals surface area contributed by atoms with Crippen molar-refractivity contribution in [2.45, 2.75) is 59.5 Å². The van der Waals surface area contributed by atoms with E-state index in [0.717, 1.165) is 59.5 Å². The number of rotatable bonds is 9. The Kier molecular flexibility index (Phi) is 7.60. The summed E-state index contributed by atoms with van der Waals surface area (Å²) in [6.45, 7) is 8.96. The van der Waals surface area contributed by atoms with Crippen molar-refractivity contribution in [1.29, 1.82) is 0 Å². The summed E-state index contributed by atoms with van der Waals surface area (Å²) in [5.41, 5.74) is 1.90. The molecule has 0 fully saturated rings. The van der Waals surface area contributed by atoms with E-state index in [4.69, 9.17) is 9.47 Å². The number of fused-ring (bicyclic) bond motifs is 3. The van der Waals surface area contributed by atoms with Gasteiger partial charge >= 0.3 is 5.69 Å². The summed E-state index contributed by atoms with van der Waals surface area (Å²) >= 11 is 1.66. The summed E-state index contributed by atoms with van der Waals surface area (Å²) in [5, 5.41) is 30.1. The van der Waals surface area contributed by atoms with Crippen molar-refractivity contribution in [3.63, 3.8) is 0 Å². The molecule has 1 aliphatic heterocycles. The van der Waals surface area contributed by atoms with Crippen molar-refractivity contribution in [3.8, 4) is 17.2 Å². The molecular weight excluding hydrogens is 548 g/mol. The summed E-state index contributed by atoms with van der Waals surface area (Å²) in [5.74, 6) is 0.819. The number of amides is 1. The zero-order valence-corrected chi connectivity index (χ0v) is 24.1. The summed E-state index contributed by atoms with van der Waals surface area (Å²) in [7, 11) is 0. The van der Waals surface area contributed by atoms with Gasteiger partial charge in [-0.3, -0.25) is 25.0 Å². The fraction of sp³-hybridized carbons (Fsp3) is 0.414. The average molecular weight is 581 g/mol. The number of carbonyl (C=O) groups is 1. The molecule has 0 bridgehead atoms. The number of nitrogens with one attached hydrogen (secondary N) is 2. The molecule has 2 atom stereocenters. The predicted octanol–water partition coefficient (Wildman–Crippen LogP) is 7.15. The molecule has 12 heteroatoms. The standard InChI is InChI=1S/C29H32N4O7S/c1-5-29(3,4)17-8-10-19-24(14-17)41-28-25(19)27(34)30-26(31-28)16-7-11-22(23(13-16)39-6-2)40-21-12-9-18(32(35)36)15-20(21)33(37)38/h7,9,11-13,15,17,26,31H,5-6,8,10,14H2,1-4H3,(H,30,34). The summed E-state index contributed by atoms with van der Waals surface area (Å²) in [6.07, 6.45) is 3.53. The van der Waals surface area contributed by atoms with Gasteiger partial charge in [0.2, 0.25) is 5.75 Å². The second kappa shape index (κ2) is 11.0. The molecule has 2 unspecified atom stereocenters. The minimum Gasteiger partial charge on any atom is -0.490 e.